The van der Waals surface area contributed by atoms with Crippen molar-refractivity contribution in [2.24, 2.45) is 5.92 Å². The summed E-state index contributed by atoms with van der Waals surface area (Å²) in [5, 5.41) is 6.96. The molecule has 2 aromatic rings. The number of aromatic nitrogens is 2. The summed E-state index contributed by atoms with van der Waals surface area (Å²) in [6, 6.07) is 8.28. The van der Waals surface area contributed by atoms with Crippen molar-refractivity contribution in [1.82, 2.24) is 15.1 Å². The SMILES string of the molecule is O=C1[C@@H]2[C@@H](CCCN2c2nnc(C(F)F)o2)C(=O)N1Cc1ccccc1. The number of alkyl halides is 2. The van der Waals surface area contributed by atoms with Crippen molar-refractivity contribution in [3.05, 3.63) is 41.8 Å². The molecule has 136 valence electrons. The number of hydrogen-bond donors (Lipinski definition) is 0. The molecule has 26 heavy (non-hydrogen) atoms. The summed E-state index contributed by atoms with van der Waals surface area (Å²) in [5.41, 5.74) is 0.845. The van der Waals surface area contributed by atoms with Gasteiger partial charge >= 0.3 is 12.4 Å². The Morgan fingerprint density at radius 3 is 2.62 bits per heavy atom. The van der Waals surface area contributed by atoms with E-state index in [-0.39, 0.29) is 24.4 Å². The van der Waals surface area contributed by atoms with Gasteiger partial charge in [-0.3, -0.25) is 14.5 Å². The van der Waals surface area contributed by atoms with Crippen LogP contribution in [0.15, 0.2) is 34.7 Å². The average molecular weight is 362 g/mol. The molecule has 3 heterocycles. The summed E-state index contributed by atoms with van der Waals surface area (Å²) in [5.74, 6) is -1.93. The van der Waals surface area contributed by atoms with Gasteiger partial charge in [0.1, 0.15) is 6.04 Å². The predicted molar refractivity (Wildman–Crippen MR) is 85.1 cm³/mol. The number of nitrogens with zero attached hydrogens (tertiary/aromatic N) is 4. The molecule has 2 amide bonds. The Bertz CT molecular complexity index is 826. The first-order chi connectivity index (χ1) is 12.6. The number of fused-ring (bicyclic) bond motifs is 1. The van der Waals surface area contributed by atoms with E-state index in [0.29, 0.717) is 19.4 Å². The molecule has 9 heteroatoms. The van der Waals surface area contributed by atoms with E-state index in [1.165, 1.54) is 9.80 Å². The lowest BCUT2D eigenvalue weighted by atomic mass is 9.91. The van der Waals surface area contributed by atoms with Gasteiger partial charge < -0.3 is 9.32 Å². The van der Waals surface area contributed by atoms with E-state index >= 15 is 0 Å². The number of anilines is 1. The minimum absolute atomic E-state index is 0.141. The molecule has 2 atom stereocenters. The average Bonchev–Trinajstić information content (AvgIpc) is 3.23. The van der Waals surface area contributed by atoms with Crippen molar-refractivity contribution in [2.75, 3.05) is 11.4 Å². The van der Waals surface area contributed by atoms with Gasteiger partial charge in [0.2, 0.25) is 5.91 Å². The lowest BCUT2D eigenvalue weighted by Crippen LogP contribution is -2.48. The fourth-order valence-corrected chi connectivity index (χ4v) is 3.60. The lowest BCUT2D eigenvalue weighted by molar-refractivity contribution is -0.140. The van der Waals surface area contributed by atoms with Gasteiger partial charge in [0.05, 0.1) is 12.5 Å². The smallest absolute Gasteiger partial charge is 0.319 e. The van der Waals surface area contributed by atoms with E-state index < -0.39 is 24.3 Å². The van der Waals surface area contributed by atoms with E-state index in [0.717, 1.165) is 5.56 Å². The molecular weight excluding hydrogens is 346 g/mol. The van der Waals surface area contributed by atoms with Crippen molar-refractivity contribution >= 4 is 17.8 Å². The molecule has 0 saturated carbocycles. The molecule has 2 aliphatic rings. The van der Waals surface area contributed by atoms with Gasteiger partial charge in [0.15, 0.2) is 0 Å². The van der Waals surface area contributed by atoms with Crippen LogP contribution in [-0.4, -0.2) is 39.5 Å². The topological polar surface area (TPSA) is 79.5 Å². The van der Waals surface area contributed by atoms with Crippen molar-refractivity contribution in [2.45, 2.75) is 31.9 Å². The third-order valence-electron chi connectivity index (χ3n) is 4.78. The highest BCUT2D eigenvalue weighted by atomic mass is 19.3. The number of likely N-dealkylation sites (tertiary alicyclic amines) is 1. The zero-order valence-corrected chi connectivity index (χ0v) is 13.7. The van der Waals surface area contributed by atoms with E-state index in [2.05, 4.69) is 10.2 Å². The molecule has 1 aromatic heterocycles. The molecule has 0 bridgehead atoms. The second-order valence-corrected chi connectivity index (χ2v) is 6.36. The quantitative estimate of drug-likeness (QED) is 0.776. The summed E-state index contributed by atoms with van der Waals surface area (Å²) in [6.07, 6.45) is -1.69. The number of hydrogen-bond acceptors (Lipinski definition) is 6. The molecule has 1 aromatic carbocycles. The first kappa shape index (κ1) is 16.6. The van der Waals surface area contributed by atoms with Crippen LogP contribution in [0.4, 0.5) is 14.8 Å². The Kier molecular flexibility index (Phi) is 4.14. The summed E-state index contributed by atoms with van der Waals surface area (Å²) in [7, 11) is 0. The maximum Gasteiger partial charge on any atom is 0.319 e. The number of carbonyl (C=O) groups excluding carboxylic acids is 2. The summed E-state index contributed by atoms with van der Waals surface area (Å²) in [4.78, 5) is 28.4. The molecule has 0 unspecified atom stereocenters. The van der Waals surface area contributed by atoms with E-state index in [1.54, 1.807) is 0 Å². The van der Waals surface area contributed by atoms with Crippen LogP contribution in [0.5, 0.6) is 0 Å². The minimum atomic E-state index is -2.88. The number of imide groups is 1. The van der Waals surface area contributed by atoms with Gasteiger partial charge in [-0.2, -0.15) is 8.78 Å². The molecule has 0 radical (unpaired) electrons. The van der Waals surface area contributed by atoms with Crippen LogP contribution >= 0.6 is 0 Å². The Balaban J connectivity index is 1.61. The zero-order chi connectivity index (χ0) is 18.3. The standard InChI is InChI=1S/C17H16F2N4O3/c18-13(19)14-20-21-17(26-14)22-8-4-7-11-12(22)16(25)23(15(11)24)9-10-5-2-1-3-6-10/h1-3,5-6,11-13H,4,7-9H2/t11-,12+/m1/s1. The van der Waals surface area contributed by atoms with Crippen LogP contribution in [0.25, 0.3) is 0 Å². The van der Waals surface area contributed by atoms with Crippen LogP contribution < -0.4 is 4.90 Å². The van der Waals surface area contributed by atoms with E-state index in [9.17, 15) is 18.4 Å². The molecular formula is C17H16F2N4O3. The lowest BCUT2D eigenvalue weighted by Gasteiger charge is -2.32. The Morgan fingerprint density at radius 2 is 1.92 bits per heavy atom. The van der Waals surface area contributed by atoms with Gasteiger partial charge in [0.25, 0.3) is 11.8 Å². The van der Waals surface area contributed by atoms with Gasteiger partial charge in [-0.1, -0.05) is 35.4 Å². The van der Waals surface area contributed by atoms with Crippen molar-refractivity contribution in [3.8, 4) is 0 Å². The second kappa shape index (κ2) is 6.47. The van der Waals surface area contributed by atoms with Crippen molar-refractivity contribution in [1.29, 1.82) is 0 Å². The van der Waals surface area contributed by atoms with Gasteiger partial charge in [-0.25, -0.2) is 0 Å². The summed E-state index contributed by atoms with van der Waals surface area (Å²) < 4.78 is 30.4. The molecule has 2 fully saturated rings. The van der Waals surface area contributed by atoms with Gasteiger partial charge in [-0.15, -0.1) is 5.10 Å². The summed E-state index contributed by atoms with van der Waals surface area (Å²) in [6.45, 7) is 0.579. The predicted octanol–water partition coefficient (Wildman–Crippen LogP) is 2.16. The Morgan fingerprint density at radius 1 is 1.15 bits per heavy atom. The van der Waals surface area contributed by atoms with Crippen LogP contribution in [-0.2, 0) is 16.1 Å². The van der Waals surface area contributed by atoms with E-state index in [1.807, 2.05) is 30.3 Å². The number of carbonyl (C=O) groups is 2. The molecule has 7 nitrogen and oxygen atoms in total. The second-order valence-electron chi connectivity index (χ2n) is 6.36. The number of halogens is 2. The third kappa shape index (κ3) is 2.73. The monoisotopic (exact) mass is 362 g/mol. The number of rotatable bonds is 4. The minimum Gasteiger partial charge on any atom is -0.402 e. The highest BCUT2D eigenvalue weighted by Gasteiger charge is 2.52. The Labute approximate surface area is 147 Å². The maximum atomic E-state index is 12.9. The fourth-order valence-electron chi connectivity index (χ4n) is 3.60. The number of benzene rings is 1. The first-order valence-electron chi connectivity index (χ1n) is 8.33. The van der Waals surface area contributed by atoms with Gasteiger partial charge in [0, 0.05) is 6.54 Å². The highest BCUT2D eigenvalue weighted by Crippen LogP contribution is 2.36. The van der Waals surface area contributed by atoms with Crippen LogP contribution in [0, 0.1) is 5.92 Å². The van der Waals surface area contributed by atoms with Crippen LogP contribution in [0.2, 0.25) is 0 Å². The van der Waals surface area contributed by atoms with Crippen molar-refractivity contribution in [3.63, 3.8) is 0 Å². The molecule has 2 aliphatic heterocycles. The number of piperidine rings is 1. The molecule has 2 saturated heterocycles. The summed E-state index contributed by atoms with van der Waals surface area (Å²) >= 11 is 0. The largest absolute Gasteiger partial charge is 0.402 e. The fraction of sp³-hybridized carbons (Fsp3) is 0.412. The van der Waals surface area contributed by atoms with Crippen LogP contribution in [0.3, 0.4) is 0 Å². The normalized spacial score (nSPS) is 23.0. The molecule has 4 rings (SSSR count). The highest BCUT2D eigenvalue weighted by molar-refractivity contribution is 6.08. The first-order valence-corrected chi connectivity index (χ1v) is 8.33. The molecule has 0 aliphatic carbocycles. The molecule has 0 N–H and O–H groups in total. The van der Waals surface area contributed by atoms with Crippen LogP contribution in [0.1, 0.15) is 30.7 Å². The Hall–Kier alpha value is -2.84. The maximum absolute atomic E-state index is 12.9. The molecule has 0 spiro atoms. The van der Waals surface area contributed by atoms with Gasteiger partial charge in [-0.05, 0) is 18.4 Å². The van der Waals surface area contributed by atoms with Crippen molar-refractivity contribution < 1.29 is 22.8 Å². The third-order valence-corrected chi connectivity index (χ3v) is 4.78. The van der Waals surface area contributed by atoms with E-state index in [4.69, 9.17) is 4.42 Å². The number of amides is 2. The zero-order valence-electron chi connectivity index (χ0n) is 13.7.